The van der Waals surface area contributed by atoms with Crippen LogP contribution in [0.15, 0.2) is 54.6 Å². The highest BCUT2D eigenvalue weighted by atomic mass is 19.1. The monoisotopic (exact) mass is 496 g/mol. The summed E-state index contributed by atoms with van der Waals surface area (Å²) in [4.78, 5) is 0. The van der Waals surface area contributed by atoms with Crippen molar-refractivity contribution < 1.29 is 4.39 Å². The molecule has 0 aromatic heterocycles. The summed E-state index contributed by atoms with van der Waals surface area (Å²) >= 11 is 0. The van der Waals surface area contributed by atoms with E-state index in [4.69, 9.17) is 0 Å². The van der Waals surface area contributed by atoms with Gasteiger partial charge >= 0.3 is 0 Å². The van der Waals surface area contributed by atoms with Crippen molar-refractivity contribution in [3.8, 4) is 11.8 Å². The molecule has 0 bridgehead atoms. The van der Waals surface area contributed by atoms with Crippen LogP contribution in [0.3, 0.4) is 0 Å². The summed E-state index contributed by atoms with van der Waals surface area (Å²) in [5.41, 5.74) is 4.16. The van der Waals surface area contributed by atoms with Crippen LogP contribution >= 0.6 is 0 Å². The summed E-state index contributed by atoms with van der Waals surface area (Å²) in [7, 11) is 0. The smallest absolute Gasteiger partial charge is 0.146 e. The number of halogens is 1. The first-order valence-electron chi connectivity index (χ1n) is 15.0. The van der Waals surface area contributed by atoms with Gasteiger partial charge < -0.3 is 0 Å². The van der Waals surface area contributed by atoms with Crippen molar-refractivity contribution >= 4 is 10.8 Å². The van der Waals surface area contributed by atoms with Crippen LogP contribution in [0.1, 0.15) is 125 Å². The van der Waals surface area contributed by atoms with Gasteiger partial charge in [0, 0.05) is 10.9 Å². The molecule has 0 unspecified atom stereocenters. The van der Waals surface area contributed by atoms with Crippen molar-refractivity contribution in [2.45, 2.75) is 110 Å². The van der Waals surface area contributed by atoms with Crippen molar-refractivity contribution in [2.75, 3.05) is 0 Å². The molecule has 0 spiro atoms. The second kappa shape index (κ2) is 14.4. The summed E-state index contributed by atoms with van der Waals surface area (Å²) < 4.78 is 15.2. The Morgan fingerprint density at radius 3 is 2.22 bits per heavy atom. The Kier molecular flexibility index (Phi) is 10.7. The molecule has 0 heterocycles. The Morgan fingerprint density at radius 2 is 1.46 bits per heavy atom. The van der Waals surface area contributed by atoms with E-state index in [0.29, 0.717) is 16.9 Å². The molecule has 0 N–H and O–H groups in total. The van der Waals surface area contributed by atoms with E-state index in [1.165, 1.54) is 94.6 Å². The Bertz CT molecular complexity index is 1170. The Balaban J connectivity index is 1.32. The van der Waals surface area contributed by atoms with Crippen LogP contribution in [-0.4, -0.2) is 0 Å². The van der Waals surface area contributed by atoms with Crippen LogP contribution in [0.5, 0.6) is 0 Å². The summed E-state index contributed by atoms with van der Waals surface area (Å²) in [6, 6.07) is 18.7. The Hall–Kier alpha value is -2.59. The summed E-state index contributed by atoms with van der Waals surface area (Å²) in [5, 5.41) is 1.63. The topological polar surface area (TPSA) is 0 Å². The van der Waals surface area contributed by atoms with E-state index in [-0.39, 0.29) is 5.82 Å². The predicted molar refractivity (Wildman–Crippen MR) is 158 cm³/mol. The number of aryl methyl sites for hydroxylation is 1. The number of benzene rings is 3. The predicted octanol–water partition coefficient (Wildman–Crippen LogP) is 10.7. The molecule has 0 saturated heterocycles. The highest BCUT2D eigenvalue weighted by molar-refractivity contribution is 5.85. The van der Waals surface area contributed by atoms with E-state index in [9.17, 15) is 0 Å². The lowest BCUT2D eigenvalue weighted by molar-refractivity contribution is 0.302. The van der Waals surface area contributed by atoms with Crippen molar-refractivity contribution in [1.29, 1.82) is 0 Å². The Labute approximate surface area is 225 Å². The molecule has 0 aliphatic heterocycles. The molecule has 0 radical (unpaired) electrons. The average Bonchev–Trinajstić information content (AvgIpc) is 2.93. The quantitative estimate of drug-likeness (QED) is 0.183. The summed E-state index contributed by atoms with van der Waals surface area (Å²) in [6.07, 6.45) is 18.5. The lowest BCUT2D eigenvalue weighted by Crippen LogP contribution is -2.13. The first kappa shape index (κ1) is 27.4. The molecule has 1 fully saturated rings. The zero-order chi connectivity index (χ0) is 25.9. The van der Waals surface area contributed by atoms with E-state index < -0.39 is 0 Å². The summed E-state index contributed by atoms with van der Waals surface area (Å²) in [6.45, 7) is 4.50. The van der Waals surface area contributed by atoms with Crippen LogP contribution < -0.4 is 0 Å². The number of hydrogen-bond donors (Lipinski definition) is 0. The Morgan fingerprint density at radius 1 is 0.730 bits per heavy atom. The van der Waals surface area contributed by atoms with E-state index in [1.807, 2.05) is 18.2 Å². The normalized spacial score (nSPS) is 17.5. The number of fused-ring (bicyclic) bond motifs is 1. The van der Waals surface area contributed by atoms with Gasteiger partial charge in [-0.1, -0.05) is 113 Å². The maximum Gasteiger partial charge on any atom is 0.146 e. The average molecular weight is 497 g/mol. The van der Waals surface area contributed by atoms with Crippen LogP contribution in [0.2, 0.25) is 0 Å². The fraction of sp³-hybridized carbons (Fsp3) is 0.500. The minimum atomic E-state index is -0.205. The van der Waals surface area contributed by atoms with Crippen LogP contribution in [0.4, 0.5) is 4.39 Å². The second-order valence-electron chi connectivity index (χ2n) is 11.2. The zero-order valence-corrected chi connectivity index (χ0v) is 23.1. The van der Waals surface area contributed by atoms with Crippen molar-refractivity contribution in [3.63, 3.8) is 0 Å². The minimum Gasteiger partial charge on any atom is -0.205 e. The maximum atomic E-state index is 15.2. The molecule has 1 aliphatic rings. The first-order valence-corrected chi connectivity index (χ1v) is 15.0. The molecular weight excluding hydrogens is 451 g/mol. The van der Waals surface area contributed by atoms with Crippen LogP contribution in [0, 0.1) is 23.6 Å². The highest BCUT2D eigenvalue weighted by Crippen LogP contribution is 2.37. The van der Waals surface area contributed by atoms with Crippen molar-refractivity contribution in [3.05, 3.63) is 82.7 Å². The first-order chi connectivity index (χ1) is 18.2. The van der Waals surface area contributed by atoms with E-state index >= 15 is 4.39 Å². The van der Waals surface area contributed by atoms with E-state index in [0.717, 1.165) is 23.3 Å². The number of rotatable bonds is 11. The third-order valence-electron chi connectivity index (χ3n) is 8.37. The van der Waals surface area contributed by atoms with Gasteiger partial charge in [-0.3, -0.25) is 0 Å². The molecule has 1 aliphatic carbocycles. The molecule has 1 saturated carbocycles. The maximum absolute atomic E-state index is 15.2. The molecule has 0 amide bonds. The van der Waals surface area contributed by atoms with Gasteiger partial charge in [0.2, 0.25) is 0 Å². The lowest BCUT2D eigenvalue weighted by atomic mass is 9.77. The van der Waals surface area contributed by atoms with Crippen molar-refractivity contribution in [2.24, 2.45) is 5.92 Å². The molecule has 3 aromatic rings. The molecule has 0 atom stereocenters. The highest BCUT2D eigenvalue weighted by Gasteiger charge is 2.22. The molecule has 196 valence electrons. The van der Waals surface area contributed by atoms with Gasteiger partial charge in [-0.25, -0.2) is 4.39 Å². The molecule has 1 heteroatoms. The number of unbranched alkanes of at least 4 members (excludes halogenated alkanes) is 6. The van der Waals surface area contributed by atoms with Crippen LogP contribution in [-0.2, 0) is 6.42 Å². The van der Waals surface area contributed by atoms with E-state index in [1.54, 1.807) is 0 Å². The molecule has 0 nitrogen and oxygen atoms in total. The summed E-state index contributed by atoms with van der Waals surface area (Å²) in [5.74, 6) is 7.70. The molecule has 4 rings (SSSR count). The standard InChI is InChI=1S/C36H45F/c1-3-5-7-8-10-11-28-13-19-31(20-14-28)32-21-15-29(16-22-32)17-23-33-24-25-34-27-30(12-9-6-4-2)18-26-35(34)36(33)37/h15-16,18,21-22,24-28,31H,3-14,19-20H2,1-2H3. The third-order valence-corrected chi connectivity index (χ3v) is 8.37. The van der Waals surface area contributed by atoms with Gasteiger partial charge in [-0.05, 0) is 85.1 Å². The minimum absolute atomic E-state index is 0.205. The van der Waals surface area contributed by atoms with E-state index in [2.05, 4.69) is 62.1 Å². The van der Waals surface area contributed by atoms with Gasteiger partial charge in [0.25, 0.3) is 0 Å². The zero-order valence-electron chi connectivity index (χ0n) is 23.1. The van der Waals surface area contributed by atoms with Gasteiger partial charge in [-0.15, -0.1) is 0 Å². The van der Waals surface area contributed by atoms with Gasteiger partial charge in [0.1, 0.15) is 5.82 Å². The number of hydrogen-bond acceptors (Lipinski definition) is 0. The SMILES string of the molecule is CCCCCCCC1CCC(c2ccc(C#Cc3ccc4cc(CCCCC)ccc4c3F)cc2)CC1. The fourth-order valence-corrected chi connectivity index (χ4v) is 5.97. The largest absolute Gasteiger partial charge is 0.205 e. The van der Waals surface area contributed by atoms with Crippen molar-refractivity contribution in [1.82, 2.24) is 0 Å². The third kappa shape index (κ3) is 7.95. The fourth-order valence-electron chi connectivity index (χ4n) is 5.97. The van der Waals surface area contributed by atoms with Crippen LogP contribution in [0.25, 0.3) is 10.8 Å². The van der Waals surface area contributed by atoms with Gasteiger partial charge in [0.05, 0.1) is 5.56 Å². The lowest BCUT2D eigenvalue weighted by Gasteiger charge is -2.29. The second-order valence-corrected chi connectivity index (χ2v) is 11.2. The van der Waals surface area contributed by atoms with Gasteiger partial charge in [-0.2, -0.15) is 0 Å². The molecule has 3 aromatic carbocycles. The molecular formula is C36H45F. The molecule has 37 heavy (non-hydrogen) atoms. The van der Waals surface area contributed by atoms with Gasteiger partial charge in [0.15, 0.2) is 0 Å².